The number of nitrogens with zero attached hydrogens (tertiary/aromatic N) is 2. The number of nitrogens with one attached hydrogen (secondary N) is 1. The lowest BCUT2D eigenvalue weighted by atomic mass is 9.91. The van der Waals surface area contributed by atoms with Gasteiger partial charge in [-0.25, -0.2) is 17.8 Å². The molecule has 10 heteroatoms. The van der Waals surface area contributed by atoms with Gasteiger partial charge >= 0.3 is 0 Å². The van der Waals surface area contributed by atoms with Crippen molar-refractivity contribution in [3.63, 3.8) is 0 Å². The molecule has 1 aliphatic carbocycles. The minimum Gasteiger partial charge on any atom is -0.487 e. The van der Waals surface area contributed by atoms with Crippen molar-refractivity contribution < 1.29 is 17.5 Å². The normalized spacial score (nSPS) is 20.6. The molecule has 6 nitrogen and oxygen atoms in total. The van der Waals surface area contributed by atoms with Gasteiger partial charge in [0.1, 0.15) is 22.6 Å². The van der Waals surface area contributed by atoms with Gasteiger partial charge in [0.05, 0.1) is 5.02 Å². The standard InChI is InChI=1S/C17H21ClFN3O3S2/c1-22(2)13-5-3-4-6-14(13)25-15-10-12(19)11(18)9-16(15)27(23,24)21-17-20-7-8-26-17/h7-10,13-14H,3-6H2,1-2H3,(H,20,21)/t13?,14-/m0/s1. The summed E-state index contributed by atoms with van der Waals surface area (Å²) in [6, 6.07) is 2.25. The van der Waals surface area contributed by atoms with E-state index >= 15 is 0 Å². The molecule has 3 rings (SSSR count). The molecular weight excluding hydrogens is 413 g/mol. The molecule has 1 aromatic carbocycles. The maximum absolute atomic E-state index is 14.1. The first kappa shape index (κ1) is 20.3. The molecular formula is C17H21ClFN3O3S2. The number of thiazole rings is 1. The molecule has 1 heterocycles. The molecule has 27 heavy (non-hydrogen) atoms. The van der Waals surface area contributed by atoms with Crippen LogP contribution in [-0.4, -0.2) is 44.5 Å². The summed E-state index contributed by atoms with van der Waals surface area (Å²) in [7, 11) is -0.124. The fourth-order valence-corrected chi connectivity index (χ4v) is 5.38. The predicted molar refractivity (Wildman–Crippen MR) is 105 cm³/mol. The van der Waals surface area contributed by atoms with Crippen molar-refractivity contribution in [2.75, 3.05) is 18.8 Å². The first-order chi connectivity index (χ1) is 12.8. The second-order valence-corrected chi connectivity index (χ2v) is 9.58. The number of likely N-dealkylation sites (N-methyl/N-ethyl adjacent to an activating group) is 1. The molecule has 1 fully saturated rings. The van der Waals surface area contributed by atoms with Crippen molar-refractivity contribution in [2.45, 2.75) is 42.7 Å². The monoisotopic (exact) mass is 433 g/mol. The lowest BCUT2D eigenvalue weighted by Crippen LogP contribution is -2.44. The van der Waals surface area contributed by atoms with E-state index in [2.05, 4.69) is 14.6 Å². The van der Waals surface area contributed by atoms with Crippen LogP contribution in [0.5, 0.6) is 5.75 Å². The molecule has 1 unspecified atom stereocenters. The molecule has 0 spiro atoms. The van der Waals surface area contributed by atoms with Crippen LogP contribution in [0.3, 0.4) is 0 Å². The predicted octanol–water partition coefficient (Wildman–Crippen LogP) is 3.99. The summed E-state index contributed by atoms with van der Waals surface area (Å²) in [6.07, 6.45) is 5.02. The van der Waals surface area contributed by atoms with Crippen molar-refractivity contribution >= 4 is 38.1 Å². The molecule has 0 aliphatic heterocycles. The number of sulfonamides is 1. The number of hydrogen-bond acceptors (Lipinski definition) is 6. The smallest absolute Gasteiger partial charge is 0.267 e. The zero-order valence-corrected chi connectivity index (χ0v) is 17.4. The van der Waals surface area contributed by atoms with Crippen LogP contribution in [0, 0.1) is 5.82 Å². The van der Waals surface area contributed by atoms with E-state index in [1.165, 1.54) is 6.20 Å². The second kappa shape index (κ2) is 8.30. The van der Waals surface area contributed by atoms with E-state index < -0.39 is 15.8 Å². The van der Waals surface area contributed by atoms with E-state index in [0.717, 1.165) is 49.2 Å². The fourth-order valence-electron chi connectivity index (χ4n) is 3.22. The third-order valence-electron chi connectivity index (χ3n) is 4.54. The van der Waals surface area contributed by atoms with Gasteiger partial charge in [-0.05, 0) is 39.4 Å². The molecule has 2 atom stereocenters. The van der Waals surface area contributed by atoms with E-state index in [0.29, 0.717) is 0 Å². The van der Waals surface area contributed by atoms with E-state index in [9.17, 15) is 12.8 Å². The second-order valence-electron chi connectivity index (χ2n) is 6.63. The summed E-state index contributed by atoms with van der Waals surface area (Å²) >= 11 is 6.99. The van der Waals surface area contributed by atoms with Gasteiger partial charge in [0.25, 0.3) is 10.0 Å². The van der Waals surface area contributed by atoms with E-state index in [4.69, 9.17) is 16.3 Å². The van der Waals surface area contributed by atoms with E-state index in [1.807, 2.05) is 14.1 Å². The molecule has 0 bridgehead atoms. The Morgan fingerprint density at radius 1 is 1.33 bits per heavy atom. The highest BCUT2D eigenvalue weighted by molar-refractivity contribution is 7.93. The third kappa shape index (κ3) is 4.71. The van der Waals surface area contributed by atoms with Gasteiger partial charge < -0.3 is 9.64 Å². The van der Waals surface area contributed by atoms with Gasteiger partial charge in [0, 0.05) is 23.7 Å². The number of ether oxygens (including phenoxy) is 1. The summed E-state index contributed by atoms with van der Waals surface area (Å²) in [5, 5.41) is 1.58. The Bertz CT molecular complexity index is 891. The quantitative estimate of drug-likeness (QED) is 0.745. The molecule has 0 amide bonds. The zero-order chi connectivity index (χ0) is 19.6. The highest BCUT2D eigenvalue weighted by Gasteiger charge is 2.31. The zero-order valence-electron chi connectivity index (χ0n) is 15.0. The number of hydrogen-bond donors (Lipinski definition) is 1. The van der Waals surface area contributed by atoms with Gasteiger partial charge in [0.2, 0.25) is 0 Å². The topological polar surface area (TPSA) is 71.5 Å². The van der Waals surface area contributed by atoms with Gasteiger partial charge in [-0.2, -0.15) is 0 Å². The highest BCUT2D eigenvalue weighted by Crippen LogP contribution is 2.34. The Balaban J connectivity index is 1.96. The van der Waals surface area contributed by atoms with Gasteiger partial charge in [-0.1, -0.05) is 18.0 Å². The van der Waals surface area contributed by atoms with E-state index in [-0.39, 0.29) is 32.9 Å². The average molecular weight is 434 g/mol. The summed E-state index contributed by atoms with van der Waals surface area (Å²) in [5.74, 6) is -0.767. The Morgan fingerprint density at radius 3 is 2.74 bits per heavy atom. The van der Waals surface area contributed by atoms with Crippen molar-refractivity contribution in [2.24, 2.45) is 0 Å². The largest absolute Gasteiger partial charge is 0.487 e. The van der Waals surface area contributed by atoms with Crippen LogP contribution in [0.15, 0.2) is 28.6 Å². The lowest BCUT2D eigenvalue weighted by molar-refractivity contribution is 0.0598. The molecule has 1 N–H and O–H groups in total. The maximum atomic E-state index is 14.1. The molecule has 1 aromatic heterocycles. The lowest BCUT2D eigenvalue weighted by Gasteiger charge is -2.36. The first-order valence-corrected chi connectivity index (χ1v) is 11.3. The number of halogens is 2. The van der Waals surface area contributed by atoms with Crippen molar-refractivity contribution in [1.29, 1.82) is 0 Å². The Hall–Kier alpha value is -1.42. The molecule has 1 saturated carbocycles. The van der Waals surface area contributed by atoms with Crippen molar-refractivity contribution in [3.8, 4) is 5.75 Å². The highest BCUT2D eigenvalue weighted by atomic mass is 35.5. The van der Waals surface area contributed by atoms with Crippen molar-refractivity contribution in [1.82, 2.24) is 9.88 Å². The van der Waals surface area contributed by atoms with Crippen LogP contribution < -0.4 is 9.46 Å². The van der Waals surface area contributed by atoms with Gasteiger partial charge in [-0.3, -0.25) is 4.72 Å². The molecule has 2 aromatic rings. The molecule has 1 aliphatic rings. The Kier molecular flexibility index (Phi) is 6.25. The summed E-state index contributed by atoms with van der Waals surface area (Å²) in [6.45, 7) is 0. The van der Waals surface area contributed by atoms with Crippen LogP contribution in [0.1, 0.15) is 25.7 Å². The molecule has 0 saturated heterocycles. The number of aromatic nitrogens is 1. The Morgan fingerprint density at radius 2 is 2.07 bits per heavy atom. The van der Waals surface area contributed by atoms with Crippen LogP contribution in [0.4, 0.5) is 9.52 Å². The SMILES string of the molecule is CN(C)C1CCCC[C@@H]1Oc1cc(F)c(Cl)cc1S(=O)(=O)Nc1nccs1. The molecule has 148 valence electrons. The number of rotatable bonds is 6. The van der Waals surface area contributed by atoms with Crippen molar-refractivity contribution in [3.05, 3.63) is 34.5 Å². The van der Waals surface area contributed by atoms with Crippen LogP contribution in [-0.2, 0) is 10.0 Å². The minimum absolute atomic E-state index is 0.0419. The minimum atomic E-state index is -4.03. The van der Waals surface area contributed by atoms with Crippen LogP contribution in [0.25, 0.3) is 0 Å². The molecule has 0 radical (unpaired) electrons. The number of anilines is 1. The number of benzene rings is 1. The fraction of sp³-hybridized carbons (Fsp3) is 0.471. The maximum Gasteiger partial charge on any atom is 0.267 e. The third-order valence-corrected chi connectivity index (χ3v) is 7.01. The summed E-state index contributed by atoms with van der Waals surface area (Å²) in [5.41, 5.74) is 0. The van der Waals surface area contributed by atoms with E-state index in [1.54, 1.807) is 5.38 Å². The first-order valence-electron chi connectivity index (χ1n) is 8.52. The average Bonchev–Trinajstić information content (AvgIpc) is 3.10. The summed E-state index contributed by atoms with van der Waals surface area (Å²) in [4.78, 5) is 5.77. The summed E-state index contributed by atoms with van der Waals surface area (Å²) < 4.78 is 48.1. The Labute approximate surface area is 167 Å². The van der Waals surface area contributed by atoms with Crippen LogP contribution in [0.2, 0.25) is 5.02 Å². The van der Waals surface area contributed by atoms with Crippen LogP contribution >= 0.6 is 22.9 Å². The van der Waals surface area contributed by atoms with Gasteiger partial charge in [-0.15, -0.1) is 11.3 Å². The van der Waals surface area contributed by atoms with Gasteiger partial charge in [0.15, 0.2) is 5.13 Å².